The van der Waals surface area contributed by atoms with E-state index in [1.807, 2.05) is 11.7 Å². The molecule has 1 saturated carbocycles. The van der Waals surface area contributed by atoms with Crippen LogP contribution in [0.5, 0.6) is 0 Å². The number of likely N-dealkylation sites (N-methyl/N-ethyl adjacent to an activating group) is 2. The van der Waals surface area contributed by atoms with E-state index in [2.05, 4.69) is 41.4 Å². The standard InChI is InChI=1S/C13H25N5/c1-14-11(9-12-15-10-16-18(12)4)13(17(2)3)7-5-6-8-13/h10-11,14H,5-9H2,1-4H3. The zero-order valence-corrected chi connectivity index (χ0v) is 12.0. The Morgan fingerprint density at radius 2 is 2.11 bits per heavy atom. The molecule has 1 aliphatic carbocycles. The molecule has 1 atom stereocenters. The van der Waals surface area contributed by atoms with Crippen LogP contribution in [0.2, 0.25) is 0 Å². The molecular weight excluding hydrogens is 226 g/mol. The molecular formula is C13H25N5. The Bertz CT molecular complexity index is 378. The first-order valence-electron chi connectivity index (χ1n) is 6.78. The number of aryl methyl sites for hydroxylation is 1. The normalized spacial score (nSPS) is 20.5. The van der Waals surface area contributed by atoms with Crippen molar-refractivity contribution in [2.24, 2.45) is 7.05 Å². The molecule has 2 rings (SSSR count). The highest BCUT2D eigenvalue weighted by Crippen LogP contribution is 2.37. The summed E-state index contributed by atoms with van der Waals surface area (Å²) in [6.07, 6.45) is 7.77. The smallest absolute Gasteiger partial charge is 0.138 e. The fourth-order valence-corrected chi connectivity index (χ4v) is 3.34. The summed E-state index contributed by atoms with van der Waals surface area (Å²) in [7, 11) is 8.43. The zero-order valence-electron chi connectivity index (χ0n) is 12.0. The third-order valence-electron chi connectivity index (χ3n) is 4.55. The maximum absolute atomic E-state index is 4.36. The summed E-state index contributed by atoms with van der Waals surface area (Å²) in [5, 5.41) is 7.67. The van der Waals surface area contributed by atoms with Gasteiger partial charge in [0, 0.05) is 25.0 Å². The van der Waals surface area contributed by atoms with Gasteiger partial charge in [-0.15, -0.1) is 0 Å². The van der Waals surface area contributed by atoms with E-state index in [4.69, 9.17) is 0 Å². The van der Waals surface area contributed by atoms with E-state index in [1.54, 1.807) is 6.33 Å². The minimum Gasteiger partial charge on any atom is -0.315 e. The molecule has 0 bridgehead atoms. The maximum atomic E-state index is 4.36. The maximum Gasteiger partial charge on any atom is 0.138 e. The van der Waals surface area contributed by atoms with Crippen LogP contribution in [0.1, 0.15) is 31.5 Å². The third kappa shape index (κ3) is 2.29. The molecule has 0 amide bonds. The van der Waals surface area contributed by atoms with Gasteiger partial charge in [0.2, 0.25) is 0 Å². The van der Waals surface area contributed by atoms with E-state index in [9.17, 15) is 0 Å². The number of hydrogen-bond acceptors (Lipinski definition) is 4. The van der Waals surface area contributed by atoms with Crippen molar-refractivity contribution in [1.29, 1.82) is 0 Å². The van der Waals surface area contributed by atoms with Crippen LogP contribution < -0.4 is 5.32 Å². The van der Waals surface area contributed by atoms with E-state index < -0.39 is 0 Å². The lowest BCUT2D eigenvalue weighted by Crippen LogP contribution is -2.57. The highest BCUT2D eigenvalue weighted by atomic mass is 15.3. The van der Waals surface area contributed by atoms with Gasteiger partial charge in [0.1, 0.15) is 12.2 Å². The van der Waals surface area contributed by atoms with Crippen molar-refractivity contribution in [2.45, 2.75) is 43.7 Å². The van der Waals surface area contributed by atoms with Gasteiger partial charge in [-0.05, 0) is 34.0 Å². The molecule has 1 unspecified atom stereocenters. The van der Waals surface area contributed by atoms with Crippen LogP contribution in [-0.4, -0.2) is 52.4 Å². The molecule has 0 aromatic carbocycles. The Morgan fingerprint density at radius 3 is 2.56 bits per heavy atom. The van der Waals surface area contributed by atoms with Crippen LogP contribution >= 0.6 is 0 Å². The van der Waals surface area contributed by atoms with Crippen LogP contribution in [0, 0.1) is 0 Å². The average molecular weight is 251 g/mol. The van der Waals surface area contributed by atoms with Crippen molar-refractivity contribution in [1.82, 2.24) is 25.0 Å². The molecule has 1 heterocycles. The van der Waals surface area contributed by atoms with Crippen molar-refractivity contribution >= 4 is 0 Å². The highest BCUT2D eigenvalue weighted by Gasteiger charge is 2.42. The van der Waals surface area contributed by atoms with E-state index in [0.717, 1.165) is 12.2 Å². The van der Waals surface area contributed by atoms with Crippen molar-refractivity contribution < 1.29 is 0 Å². The first kappa shape index (κ1) is 13.5. The summed E-state index contributed by atoms with van der Waals surface area (Å²) < 4.78 is 1.88. The third-order valence-corrected chi connectivity index (χ3v) is 4.55. The number of nitrogens with one attached hydrogen (secondary N) is 1. The molecule has 0 saturated heterocycles. The average Bonchev–Trinajstić information content (AvgIpc) is 2.96. The molecule has 5 nitrogen and oxygen atoms in total. The van der Waals surface area contributed by atoms with Crippen LogP contribution in [0.15, 0.2) is 6.33 Å². The second-order valence-corrected chi connectivity index (χ2v) is 5.55. The summed E-state index contributed by atoms with van der Waals surface area (Å²) in [6, 6.07) is 0.429. The van der Waals surface area contributed by atoms with Crippen molar-refractivity contribution in [3.8, 4) is 0 Å². The van der Waals surface area contributed by atoms with E-state index >= 15 is 0 Å². The van der Waals surface area contributed by atoms with Gasteiger partial charge in [0.05, 0.1) is 0 Å². The number of rotatable bonds is 5. The molecule has 0 aliphatic heterocycles. The predicted molar refractivity (Wildman–Crippen MR) is 72.4 cm³/mol. The Balaban J connectivity index is 2.19. The largest absolute Gasteiger partial charge is 0.315 e. The van der Waals surface area contributed by atoms with Gasteiger partial charge in [-0.3, -0.25) is 4.68 Å². The van der Waals surface area contributed by atoms with Crippen LogP contribution in [0.4, 0.5) is 0 Å². The SMILES string of the molecule is CNC(Cc1ncnn1C)C1(N(C)C)CCCC1. The number of hydrogen-bond donors (Lipinski definition) is 1. The summed E-state index contributed by atoms with van der Waals surface area (Å²) >= 11 is 0. The molecule has 1 N–H and O–H groups in total. The molecule has 102 valence electrons. The van der Waals surface area contributed by atoms with Gasteiger partial charge in [-0.2, -0.15) is 5.10 Å². The van der Waals surface area contributed by atoms with E-state index in [1.165, 1.54) is 25.7 Å². The first-order valence-corrected chi connectivity index (χ1v) is 6.78. The molecule has 1 aromatic rings. The summed E-state index contributed by atoms with van der Waals surface area (Å²) in [5.74, 6) is 1.06. The second-order valence-electron chi connectivity index (χ2n) is 5.55. The number of nitrogens with zero attached hydrogens (tertiary/aromatic N) is 4. The Kier molecular flexibility index (Phi) is 4.02. The molecule has 0 spiro atoms. The monoisotopic (exact) mass is 251 g/mol. The van der Waals surface area contributed by atoms with E-state index in [-0.39, 0.29) is 5.54 Å². The van der Waals surface area contributed by atoms with Crippen molar-refractivity contribution in [3.63, 3.8) is 0 Å². The lowest BCUT2D eigenvalue weighted by atomic mass is 9.84. The molecule has 1 aliphatic rings. The lowest BCUT2D eigenvalue weighted by Gasteiger charge is -2.43. The predicted octanol–water partition coefficient (Wildman–Crippen LogP) is 0.820. The first-order chi connectivity index (χ1) is 8.60. The second kappa shape index (κ2) is 5.36. The quantitative estimate of drug-likeness (QED) is 0.841. The molecule has 18 heavy (non-hydrogen) atoms. The Hall–Kier alpha value is -0.940. The molecule has 0 radical (unpaired) electrons. The summed E-state index contributed by atoms with van der Waals surface area (Å²) in [5.41, 5.74) is 0.265. The van der Waals surface area contributed by atoms with Gasteiger partial charge in [-0.25, -0.2) is 4.98 Å². The van der Waals surface area contributed by atoms with Gasteiger partial charge in [-0.1, -0.05) is 12.8 Å². The Labute approximate surface area is 110 Å². The van der Waals surface area contributed by atoms with Crippen LogP contribution in [0.25, 0.3) is 0 Å². The number of aromatic nitrogens is 3. The fraction of sp³-hybridized carbons (Fsp3) is 0.846. The Morgan fingerprint density at radius 1 is 1.44 bits per heavy atom. The molecule has 1 fully saturated rings. The van der Waals surface area contributed by atoms with E-state index in [0.29, 0.717) is 6.04 Å². The van der Waals surface area contributed by atoms with Crippen molar-refractivity contribution in [2.75, 3.05) is 21.1 Å². The van der Waals surface area contributed by atoms with Gasteiger partial charge >= 0.3 is 0 Å². The van der Waals surface area contributed by atoms with Gasteiger partial charge in [0.15, 0.2) is 0 Å². The zero-order chi connectivity index (χ0) is 13.2. The lowest BCUT2D eigenvalue weighted by molar-refractivity contribution is 0.107. The summed E-state index contributed by atoms with van der Waals surface area (Å²) in [6.45, 7) is 0. The molecule has 1 aromatic heterocycles. The van der Waals surface area contributed by atoms with Gasteiger partial charge in [0.25, 0.3) is 0 Å². The van der Waals surface area contributed by atoms with Gasteiger partial charge < -0.3 is 10.2 Å². The minimum absolute atomic E-state index is 0.265. The molecule has 5 heteroatoms. The topological polar surface area (TPSA) is 46.0 Å². The minimum atomic E-state index is 0.265. The fourth-order valence-electron chi connectivity index (χ4n) is 3.34. The van der Waals surface area contributed by atoms with Crippen molar-refractivity contribution in [3.05, 3.63) is 12.2 Å². The van der Waals surface area contributed by atoms with Crippen LogP contribution in [0.3, 0.4) is 0 Å². The summed E-state index contributed by atoms with van der Waals surface area (Å²) in [4.78, 5) is 6.76. The highest BCUT2D eigenvalue weighted by molar-refractivity contribution is 5.05. The van der Waals surface area contributed by atoms with Crippen LogP contribution in [-0.2, 0) is 13.5 Å².